The van der Waals surface area contributed by atoms with Crippen LogP contribution in [0, 0.1) is 17.2 Å². The second kappa shape index (κ2) is 8.08. The third-order valence-corrected chi connectivity index (χ3v) is 6.25. The third-order valence-electron chi connectivity index (χ3n) is 6.00. The van der Waals surface area contributed by atoms with Gasteiger partial charge in [-0.3, -0.25) is 4.90 Å². The van der Waals surface area contributed by atoms with E-state index in [2.05, 4.69) is 35.2 Å². The molecule has 150 valence electrons. The van der Waals surface area contributed by atoms with Crippen LogP contribution < -0.4 is 5.73 Å². The summed E-state index contributed by atoms with van der Waals surface area (Å²) in [5.41, 5.74) is 8.89. The van der Waals surface area contributed by atoms with Crippen LogP contribution in [0.15, 0.2) is 66.1 Å². The van der Waals surface area contributed by atoms with Gasteiger partial charge in [0.25, 0.3) is 0 Å². The van der Waals surface area contributed by atoms with Crippen LogP contribution in [-0.4, -0.2) is 30.9 Å². The Kier molecular flexibility index (Phi) is 5.51. The lowest BCUT2D eigenvalue weighted by molar-refractivity contribution is -0.266. The highest BCUT2D eigenvalue weighted by Gasteiger charge is 2.54. The molecule has 0 saturated carbocycles. The first kappa shape index (κ1) is 19.8. The molecule has 2 aromatic carbocycles. The molecule has 2 N–H and O–H groups in total. The van der Waals surface area contributed by atoms with Crippen molar-refractivity contribution in [1.29, 1.82) is 5.26 Å². The minimum absolute atomic E-state index is 0.0758. The molecule has 0 aromatic heterocycles. The van der Waals surface area contributed by atoms with Crippen molar-refractivity contribution in [2.75, 3.05) is 20.2 Å². The zero-order chi connectivity index (χ0) is 20.4. The number of halogens is 1. The molecule has 2 aliphatic rings. The summed E-state index contributed by atoms with van der Waals surface area (Å²) in [6.45, 7) is 2.39. The molecule has 0 spiro atoms. The zero-order valence-corrected chi connectivity index (χ0v) is 17.1. The highest BCUT2D eigenvalue weighted by Crippen LogP contribution is 2.49. The summed E-state index contributed by atoms with van der Waals surface area (Å²) in [6, 6.07) is 20.3. The van der Waals surface area contributed by atoms with E-state index < -0.39 is 5.79 Å². The maximum atomic E-state index is 9.85. The van der Waals surface area contributed by atoms with E-state index in [1.54, 1.807) is 7.11 Å². The van der Waals surface area contributed by atoms with Crippen molar-refractivity contribution < 1.29 is 9.47 Å². The predicted molar refractivity (Wildman–Crippen MR) is 112 cm³/mol. The summed E-state index contributed by atoms with van der Waals surface area (Å²) < 4.78 is 12.0. The summed E-state index contributed by atoms with van der Waals surface area (Å²) in [4.78, 5) is 2.39. The Morgan fingerprint density at radius 1 is 1.24 bits per heavy atom. The van der Waals surface area contributed by atoms with Crippen molar-refractivity contribution in [3.63, 3.8) is 0 Å². The Bertz CT molecular complexity index is 939. The standard InChI is InChI=1S/C23H24ClN3O2/c1-28-23-11-12-27(14-16-5-3-2-4-6-16)15-20(23)21(19(13-25)22(26)29-23)17-7-9-18(24)10-8-17/h2-10,20-21H,11-12,14-15,26H2,1H3/t20-,21+,23+/m0/s1. The monoisotopic (exact) mass is 409 g/mol. The van der Waals surface area contributed by atoms with Gasteiger partial charge in [-0.1, -0.05) is 54.1 Å². The summed E-state index contributed by atoms with van der Waals surface area (Å²) in [7, 11) is 1.66. The van der Waals surface area contributed by atoms with E-state index in [-0.39, 0.29) is 17.7 Å². The van der Waals surface area contributed by atoms with Crippen LogP contribution in [0.3, 0.4) is 0 Å². The predicted octanol–water partition coefficient (Wildman–Crippen LogP) is 4.01. The number of nitrogens with zero attached hydrogens (tertiary/aromatic N) is 2. The number of hydrogen-bond acceptors (Lipinski definition) is 5. The van der Waals surface area contributed by atoms with Crippen LogP contribution in [0.4, 0.5) is 0 Å². The molecule has 5 nitrogen and oxygen atoms in total. The molecule has 6 heteroatoms. The van der Waals surface area contributed by atoms with Gasteiger partial charge in [0.1, 0.15) is 6.07 Å². The smallest absolute Gasteiger partial charge is 0.218 e. The van der Waals surface area contributed by atoms with Gasteiger partial charge in [-0.15, -0.1) is 0 Å². The van der Waals surface area contributed by atoms with E-state index in [9.17, 15) is 5.26 Å². The second-order valence-corrected chi connectivity index (χ2v) is 8.05. The molecule has 0 aliphatic carbocycles. The highest BCUT2D eigenvalue weighted by molar-refractivity contribution is 6.30. The number of fused-ring (bicyclic) bond motifs is 1. The first-order chi connectivity index (χ1) is 14.1. The average molecular weight is 410 g/mol. The first-order valence-electron chi connectivity index (χ1n) is 9.72. The molecule has 2 aromatic rings. The first-order valence-corrected chi connectivity index (χ1v) is 10.1. The lowest BCUT2D eigenvalue weighted by Gasteiger charge is -2.51. The number of hydrogen-bond donors (Lipinski definition) is 1. The molecule has 4 rings (SSSR count). The Morgan fingerprint density at radius 2 is 1.97 bits per heavy atom. The number of benzene rings is 2. The van der Waals surface area contributed by atoms with Gasteiger partial charge in [0.2, 0.25) is 11.7 Å². The minimum Gasteiger partial charge on any atom is -0.446 e. The van der Waals surface area contributed by atoms with Crippen molar-refractivity contribution in [1.82, 2.24) is 4.90 Å². The quantitative estimate of drug-likeness (QED) is 0.825. The van der Waals surface area contributed by atoms with Gasteiger partial charge in [0, 0.05) is 50.0 Å². The van der Waals surface area contributed by atoms with Gasteiger partial charge in [-0.25, -0.2) is 0 Å². The van der Waals surface area contributed by atoms with Crippen LogP contribution in [0.5, 0.6) is 0 Å². The van der Waals surface area contributed by atoms with Crippen LogP contribution in [0.25, 0.3) is 0 Å². The fourth-order valence-electron chi connectivity index (χ4n) is 4.56. The summed E-state index contributed by atoms with van der Waals surface area (Å²) in [5.74, 6) is -0.984. The summed E-state index contributed by atoms with van der Waals surface area (Å²) in [5, 5.41) is 10.5. The molecule has 0 bridgehead atoms. The molecule has 0 amide bonds. The summed E-state index contributed by atoms with van der Waals surface area (Å²) in [6.07, 6.45) is 0.671. The number of likely N-dealkylation sites (tertiary alicyclic amines) is 1. The largest absolute Gasteiger partial charge is 0.446 e. The Hall–Kier alpha value is -2.52. The Labute approximate surface area is 176 Å². The lowest BCUT2D eigenvalue weighted by Crippen LogP contribution is -2.58. The van der Waals surface area contributed by atoms with Crippen LogP contribution in [-0.2, 0) is 16.0 Å². The molecule has 1 saturated heterocycles. The number of rotatable bonds is 4. The van der Waals surface area contributed by atoms with E-state index in [0.717, 1.165) is 25.2 Å². The van der Waals surface area contributed by atoms with Crippen molar-refractivity contribution in [2.24, 2.45) is 11.7 Å². The molecule has 0 unspecified atom stereocenters. The van der Waals surface area contributed by atoms with E-state index in [1.807, 2.05) is 30.3 Å². The lowest BCUT2D eigenvalue weighted by atomic mass is 9.72. The van der Waals surface area contributed by atoms with Gasteiger partial charge in [-0.05, 0) is 23.3 Å². The average Bonchev–Trinajstić information content (AvgIpc) is 2.74. The molecule has 2 aliphatic heterocycles. The fraction of sp³-hybridized carbons (Fsp3) is 0.348. The van der Waals surface area contributed by atoms with Gasteiger partial charge in [0.15, 0.2) is 0 Å². The zero-order valence-electron chi connectivity index (χ0n) is 16.3. The molecule has 2 heterocycles. The fourth-order valence-corrected chi connectivity index (χ4v) is 4.69. The van der Waals surface area contributed by atoms with Crippen molar-refractivity contribution >= 4 is 11.6 Å². The van der Waals surface area contributed by atoms with E-state index in [1.165, 1.54) is 5.56 Å². The Balaban J connectivity index is 1.71. The Morgan fingerprint density at radius 3 is 2.62 bits per heavy atom. The second-order valence-electron chi connectivity index (χ2n) is 7.61. The third kappa shape index (κ3) is 3.72. The van der Waals surface area contributed by atoms with Gasteiger partial charge < -0.3 is 15.2 Å². The number of nitriles is 1. The van der Waals surface area contributed by atoms with Crippen LogP contribution in [0.1, 0.15) is 23.5 Å². The molecule has 29 heavy (non-hydrogen) atoms. The number of nitrogens with two attached hydrogens (primary N) is 1. The van der Waals surface area contributed by atoms with Crippen molar-refractivity contribution in [2.45, 2.75) is 24.7 Å². The van der Waals surface area contributed by atoms with Crippen LogP contribution in [0.2, 0.25) is 5.02 Å². The maximum absolute atomic E-state index is 9.85. The normalized spacial score (nSPS) is 27.1. The SMILES string of the molecule is CO[C@@]12CCN(Cc3ccccc3)C[C@H]1[C@H](c1ccc(Cl)cc1)C(C#N)=C(N)O2. The molecular formula is C23H24ClN3O2. The van der Waals surface area contributed by atoms with Crippen LogP contribution >= 0.6 is 11.6 Å². The minimum atomic E-state index is -0.845. The van der Waals surface area contributed by atoms with Gasteiger partial charge >= 0.3 is 0 Å². The number of ether oxygens (including phenoxy) is 2. The number of piperidine rings is 1. The van der Waals surface area contributed by atoms with Gasteiger partial charge in [-0.2, -0.15) is 5.26 Å². The maximum Gasteiger partial charge on any atom is 0.218 e. The topological polar surface area (TPSA) is 71.5 Å². The molecular weight excluding hydrogens is 386 g/mol. The number of allylic oxidation sites excluding steroid dienone is 1. The van der Waals surface area contributed by atoms with E-state index >= 15 is 0 Å². The van der Waals surface area contributed by atoms with Crippen molar-refractivity contribution in [3.05, 3.63) is 82.2 Å². The molecule has 3 atom stereocenters. The van der Waals surface area contributed by atoms with Gasteiger partial charge in [0.05, 0.1) is 5.57 Å². The highest BCUT2D eigenvalue weighted by atomic mass is 35.5. The van der Waals surface area contributed by atoms with E-state index in [0.29, 0.717) is 17.0 Å². The van der Waals surface area contributed by atoms with Crippen molar-refractivity contribution in [3.8, 4) is 6.07 Å². The number of methoxy groups -OCH3 is 1. The molecule has 0 radical (unpaired) electrons. The summed E-state index contributed by atoms with van der Waals surface area (Å²) >= 11 is 6.10. The van der Waals surface area contributed by atoms with E-state index in [4.69, 9.17) is 26.8 Å². The molecule has 1 fully saturated rings.